The third kappa shape index (κ3) is 4.10. The third-order valence-electron chi connectivity index (χ3n) is 5.28. The molecular weight excluding hydrogens is 352 g/mol. The van der Waals surface area contributed by atoms with E-state index in [1.807, 2.05) is 29.2 Å². The van der Waals surface area contributed by atoms with Crippen LogP contribution in [0.1, 0.15) is 29.8 Å². The minimum atomic E-state index is -3.17. The maximum atomic E-state index is 13.0. The molecule has 2 atom stereocenters. The van der Waals surface area contributed by atoms with Gasteiger partial charge in [0, 0.05) is 31.2 Å². The highest BCUT2D eigenvalue weighted by Gasteiger charge is 2.47. The van der Waals surface area contributed by atoms with Gasteiger partial charge in [-0.25, -0.2) is 8.42 Å². The smallest absolute Gasteiger partial charge is 0.254 e. The van der Waals surface area contributed by atoms with E-state index in [-0.39, 0.29) is 36.1 Å². The van der Waals surface area contributed by atoms with Gasteiger partial charge >= 0.3 is 0 Å². The number of nitrogens with zero attached hydrogens (tertiary/aromatic N) is 2. The first-order valence-corrected chi connectivity index (χ1v) is 11.1. The molecule has 2 heterocycles. The maximum absolute atomic E-state index is 13.0. The highest BCUT2D eigenvalue weighted by Crippen LogP contribution is 2.28. The molecule has 0 aliphatic carbocycles. The van der Waals surface area contributed by atoms with Gasteiger partial charge in [-0.2, -0.15) is 0 Å². The molecule has 26 heavy (non-hydrogen) atoms. The number of aliphatic hydroxyl groups is 1. The second-order valence-corrected chi connectivity index (χ2v) is 9.92. The fraction of sp³-hybridized carbons (Fsp3) is 0.632. The average molecular weight is 381 g/mol. The molecule has 1 N–H and O–H groups in total. The molecule has 144 valence electrons. The average Bonchev–Trinajstić information content (AvgIpc) is 2.90. The molecule has 0 radical (unpaired) electrons. The van der Waals surface area contributed by atoms with Gasteiger partial charge in [0.05, 0.1) is 24.2 Å². The van der Waals surface area contributed by atoms with E-state index < -0.39 is 9.84 Å². The molecule has 2 fully saturated rings. The molecule has 3 rings (SSSR count). The number of hydrogen-bond acceptors (Lipinski definition) is 5. The van der Waals surface area contributed by atoms with Crippen LogP contribution in [0.15, 0.2) is 24.3 Å². The Bertz CT molecular complexity index is 745. The molecule has 7 heteroatoms. The van der Waals surface area contributed by atoms with Gasteiger partial charge in [0.25, 0.3) is 5.91 Å². The van der Waals surface area contributed by atoms with Gasteiger partial charge in [0.1, 0.15) is 0 Å². The van der Waals surface area contributed by atoms with E-state index >= 15 is 0 Å². The normalized spacial score (nSPS) is 25.5. The zero-order chi connectivity index (χ0) is 18.9. The maximum Gasteiger partial charge on any atom is 0.254 e. The summed E-state index contributed by atoms with van der Waals surface area (Å²) in [6.07, 6.45) is 0.969. The first-order chi connectivity index (χ1) is 12.3. The topological polar surface area (TPSA) is 77.9 Å². The van der Waals surface area contributed by atoms with Gasteiger partial charge in [-0.1, -0.05) is 26.0 Å². The highest BCUT2D eigenvalue weighted by atomic mass is 32.2. The minimum absolute atomic E-state index is 0.00543. The zero-order valence-corrected chi connectivity index (χ0v) is 16.3. The van der Waals surface area contributed by atoms with Crippen molar-refractivity contribution in [3.8, 4) is 0 Å². The van der Waals surface area contributed by atoms with Crippen LogP contribution in [0.3, 0.4) is 0 Å². The number of fused-ring (bicyclic) bond motifs is 1. The standard InChI is InChI=1S/C19H28N2O4S/c1-14(2)11-15-3-5-16(6-4-15)19(23)21-8-7-20(9-10-22)17-12-26(24,25)13-18(17)21/h3-6,14,17-18,22H,7-13H2,1-2H3/t17-,18+/m1/s1. The van der Waals surface area contributed by atoms with Crippen LogP contribution < -0.4 is 0 Å². The molecule has 1 aromatic rings. The van der Waals surface area contributed by atoms with E-state index in [0.29, 0.717) is 31.1 Å². The lowest BCUT2D eigenvalue weighted by atomic mass is 10.00. The Morgan fingerprint density at radius 3 is 2.42 bits per heavy atom. The number of rotatable bonds is 5. The predicted octanol–water partition coefficient (Wildman–Crippen LogP) is 0.801. The van der Waals surface area contributed by atoms with Gasteiger partial charge in [-0.05, 0) is 30.0 Å². The van der Waals surface area contributed by atoms with Crippen LogP contribution >= 0.6 is 0 Å². The lowest BCUT2D eigenvalue weighted by molar-refractivity contribution is 0.0281. The van der Waals surface area contributed by atoms with Crippen LogP contribution in [0, 0.1) is 5.92 Å². The number of aliphatic hydroxyl groups excluding tert-OH is 1. The molecule has 0 bridgehead atoms. The summed E-state index contributed by atoms with van der Waals surface area (Å²) >= 11 is 0. The number of amides is 1. The van der Waals surface area contributed by atoms with Crippen molar-refractivity contribution in [1.82, 2.24) is 9.80 Å². The molecule has 1 aromatic carbocycles. The van der Waals surface area contributed by atoms with Crippen LogP contribution in [0.5, 0.6) is 0 Å². The number of carbonyl (C=O) groups excluding carboxylic acids is 1. The van der Waals surface area contributed by atoms with Gasteiger partial charge < -0.3 is 10.0 Å². The molecule has 6 nitrogen and oxygen atoms in total. The second-order valence-electron chi connectivity index (χ2n) is 7.76. The molecule has 2 aliphatic rings. The number of sulfone groups is 1. The molecule has 2 saturated heterocycles. The quantitative estimate of drug-likeness (QED) is 0.818. The Morgan fingerprint density at radius 2 is 1.81 bits per heavy atom. The van der Waals surface area contributed by atoms with Gasteiger partial charge in [0.2, 0.25) is 0 Å². The lowest BCUT2D eigenvalue weighted by Gasteiger charge is -2.43. The van der Waals surface area contributed by atoms with Crippen LogP contribution in [-0.2, 0) is 16.3 Å². The van der Waals surface area contributed by atoms with E-state index in [1.165, 1.54) is 5.56 Å². The minimum Gasteiger partial charge on any atom is -0.395 e. The van der Waals surface area contributed by atoms with Crippen molar-refractivity contribution in [3.63, 3.8) is 0 Å². The van der Waals surface area contributed by atoms with Crippen molar-refractivity contribution >= 4 is 15.7 Å². The summed E-state index contributed by atoms with van der Waals surface area (Å²) in [4.78, 5) is 16.7. The third-order valence-corrected chi connectivity index (χ3v) is 6.98. The summed E-state index contributed by atoms with van der Waals surface area (Å²) in [6.45, 7) is 5.84. The van der Waals surface area contributed by atoms with Crippen LogP contribution in [-0.4, -0.2) is 79.1 Å². The van der Waals surface area contributed by atoms with E-state index in [1.54, 1.807) is 4.90 Å². The number of hydrogen-bond donors (Lipinski definition) is 1. The summed E-state index contributed by atoms with van der Waals surface area (Å²) in [5, 5.41) is 9.24. The molecule has 0 aromatic heterocycles. The van der Waals surface area contributed by atoms with Crippen molar-refractivity contribution < 1.29 is 18.3 Å². The van der Waals surface area contributed by atoms with Crippen molar-refractivity contribution in [2.45, 2.75) is 32.4 Å². The van der Waals surface area contributed by atoms with Crippen LogP contribution in [0.4, 0.5) is 0 Å². The molecular formula is C19H28N2O4S. The Balaban J connectivity index is 1.79. The fourth-order valence-electron chi connectivity index (χ4n) is 4.10. The van der Waals surface area contributed by atoms with Crippen LogP contribution in [0.25, 0.3) is 0 Å². The lowest BCUT2D eigenvalue weighted by Crippen LogP contribution is -2.61. The summed E-state index contributed by atoms with van der Waals surface area (Å²) in [5.74, 6) is 0.531. The molecule has 1 amide bonds. The fourth-order valence-corrected chi connectivity index (χ4v) is 6.12. The number of piperazine rings is 1. The first kappa shape index (κ1) is 19.3. The predicted molar refractivity (Wildman–Crippen MR) is 101 cm³/mol. The SMILES string of the molecule is CC(C)Cc1ccc(C(=O)N2CCN(CCO)[C@@H]3CS(=O)(=O)C[C@@H]32)cc1. The van der Waals surface area contributed by atoms with Gasteiger partial charge in [-0.3, -0.25) is 9.69 Å². The molecule has 0 spiro atoms. The Labute approximate surface area is 155 Å². The highest BCUT2D eigenvalue weighted by molar-refractivity contribution is 7.91. The summed E-state index contributed by atoms with van der Waals surface area (Å²) in [5.41, 5.74) is 1.81. The summed E-state index contributed by atoms with van der Waals surface area (Å²) in [7, 11) is -3.17. The largest absolute Gasteiger partial charge is 0.395 e. The molecule has 0 saturated carbocycles. The van der Waals surface area contributed by atoms with Crippen molar-refractivity contribution in [3.05, 3.63) is 35.4 Å². The van der Waals surface area contributed by atoms with E-state index in [0.717, 1.165) is 6.42 Å². The zero-order valence-electron chi connectivity index (χ0n) is 15.5. The van der Waals surface area contributed by atoms with E-state index in [2.05, 4.69) is 13.8 Å². The van der Waals surface area contributed by atoms with Gasteiger partial charge in [-0.15, -0.1) is 0 Å². The van der Waals surface area contributed by atoms with E-state index in [9.17, 15) is 18.3 Å². The Kier molecular flexibility index (Phi) is 5.69. The second kappa shape index (κ2) is 7.66. The summed E-state index contributed by atoms with van der Waals surface area (Å²) in [6, 6.07) is 7.11. The number of carbonyl (C=O) groups is 1. The van der Waals surface area contributed by atoms with Gasteiger partial charge in [0.15, 0.2) is 9.84 Å². The number of β-amino-alcohol motifs (C(OH)–C–C–N with tert-alkyl or cyclic N) is 1. The summed E-state index contributed by atoms with van der Waals surface area (Å²) < 4.78 is 24.3. The molecule has 2 aliphatic heterocycles. The monoisotopic (exact) mass is 380 g/mol. The number of benzene rings is 1. The van der Waals surface area contributed by atoms with Crippen molar-refractivity contribution in [2.24, 2.45) is 5.92 Å². The Hall–Kier alpha value is -1.44. The first-order valence-electron chi connectivity index (χ1n) is 9.26. The van der Waals surface area contributed by atoms with Crippen molar-refractivity contribution in [2.75, 3.05) is 37.7 Å². The van der Waals surface area contributed by atoms with Crippen LogP contribution in [0.2, 0.25) is 0 Å². The van der Waals surface area contributed by atoms with Crippen molar-refractivity contribution in [1.29, 1.82) is 0 Å². The molecule has 0 unspecified atom stereocenters. The van der Waals surface area contributed by atoms with E-state index in [4.69, 9.17) is 0 Å². The Morgan fingerprint density at radius 1 is 1.15 bits per heavy atom.